The molecule has 0 aromatic heterocycles. The minimum Gasteiger partial charge on any atom is -0.378 e. The zero-order valence-corrected chi connectivity index (χ0v) is 11.5. The maximum absolute atomic E-state index is 5.69. The summed E-state index contributed by atoms with van der Waals surface area (Å²) in [6.45, 7) is 10.1. The van der Waals surface area contributed by atoms with Gasteiger partial charge in [-0.3, -0.25) is 0 Å². The van der Waals surface area contributed by atoms with Crippen molar-refractivity contribution in [2.75, 3.05) is 11.9 Å². The van der Waals surface area contributed by atoms with Gasteiger partial charge < -0.3 is 4.74 Å². The number of hydrogen-bond donors (Lipinski definition) is 0. The molecule has 14 heavy (non-hydrogen) atoms. The quantitative estimate of drug-likeness (QED) is 0.699. The van der Waals surface area contributed by atoms with E-state index in [9.17, 15) is 0 Å². The van der Waals surface area contributed by atoms with Gasteiger partial charge in [-0.2, -0.15) is 0 Å². The van der Waals surface area contributed by atoms with Crippen LogP contribution < -0.4 is 0 Å². The highest BCUT2D eigenvalue weighted by atomic mass is 79.9. The van der Waals surface area contributed by atoms with Crippen molar-refractivity contribution in [1.82, 2.24) is 0 Å². The molecular formula is C12H23BrO. The highest BCUT2D eigenvalue weighted by Crippen LogP contribution is 2.43. The molecule has 1 aliphatic rings. The summed E-state index contributed by atoms with van der Waals surface area (Å²) in [5, 5.41) is 1.08. The van der Waals surface area contributed by atoms with Gasteiger partial charge in [-0.05, 0) is 31.6 Å². The summed E-state index contributed by atoms with van der Waals surface area (Å²) in [7, 11) is 0. The van der Waals surface area contributed by atoms with E-state index in [1.54, 1.807) is 0 Å². The van der Waals surface area contributed by atoms with Crippen molar-refractivity contribution in [3.05, 3.63) is 0 Å². The lowest BCUT2D eigenvalue weighted by atomic mass is 9.75. The van der Waals surface area contributed by atoms with Gasteiger partial charge in [0.2, 0.25) is 0 Å². The molecule has 84 valence electrons. The zero-order chi connectivity index (χ0) is 10.8. The highest BCUT2D eigenvalue weighted by molar-refractivity contribution is 9.09. The van der Waals surface area contributed by atoms with Gasteiger partial charge in [0, 0.05) is 17.4 Å². The maximum Gasteiger partial charge on any atom is 0.0612 e. The molecule has 0 aromatic rings. The van der Waals surface area contributed by atoms with Crippen molar-refractivity contribution in [2.45, 2.75) is 53.1 Å². The first-order valence-electron chi connectivity index (χ1n) is 5.57. The number of ether oxygens (including phenoxy) is 1. The summed E-state index contributed by atoms with van der Waals surface area (Å²) in [5.74, 6) is 0. The molecule has 2 heteroatoms. The van der Waals surface area contributed by atoms with E-state index in [2.05, 4.69) is 43.6 Å². The van der Waals surface area contributed by atoms with Gasteiger partial charge in [0.25, 0.3) is 0 Å². The Kier molecular flexibility index (Phi) is 4.04. The van der Waals surface area contributed by atoms with Crippen LogP contribution in [0.25, 0.3) is 0 Å². The van der Waals surface area contributed by atoms with Crippen LogP contribution in [0, 0.1) is 10.8 Å². The molecule has 0 radical (unpaired) electrons. The van der Waals surface area contributed by atoms with E-state index < -0.39 is 0 Å². The normalized spacial score (nSPS) is 33.6. The van der Waals surface area contributed by atoms with Crippen LogP contribution in [-0.4, -0.2) is 18.0 Å². The van der Waals surface area contributed by atoms with Crippen molar-refractivity contribution < 1.29 is 4.74 Å². The molecule has 0 N–H and O–H groups in total. The predicted octanol–water partition coefficient (Wildman–Crippen LogP) is 4.00. The third-order valence-electron chi connectivity index (χ3n) is 3.47. The van der Waals surface area contributed by atoms with Gasteiger partial charge in [0.05, 0.1) is 6.10 Å². The number of alkyl halides is 1. The first-order valence-corrected chi connectivity index (χ1v) is 6.69. The SMILES string of the molecule is CC1OCCC1(CBr)CCC(C)(C)C. The Hall–Kier alpha value is 0.440. The second-order valence-electron chi connectivity index (χ2n) is 5.82. The summed E-state index contributed by atoms with van der Waals surface area (Å²) in [5.41, 5.74) is 0.838. The Morgan fingerprint density at radius 1 is 1.43 bits per heavy atom. The molecule has 2 atom stereocenters. The fraction of sp³-hybridized carbons (Fsp3) is 1.00. The molecule has 0 bridgehead atoms. The van der Waals surface area contributed by atoms with Crippen LogP contribution in [0.15, 0.2) is 0 Å². The molecule has 1 fully saturated rings. The highest BCUT2D eigenvalue weighted by Gasteiger charge is 2.40. The predicted molar refractivity (Wildman–Crippen MR) is 64.9 cm³/mol. The third kappa shape index (κ3) is 2.96. The number of halogens is 1. The first kappa shape index (κ1) is 12.5. The van der Waals surface area contributed by atoms with Crippen LogP contribution in [0.5, 0.6) is 0 Å². The minimum atomic E-state index is 0.396. The van der Waals surface area contributed by atoms with Crippen molar-refractivity contribution in [3.8, 4) is 0 Å². The standard InChI is InChI=1S/C12H23BrO/c1-10-12(9-13,7-8-14-10)6-5-11(2,3)4/h10H,5-9H2,1-4H3. The van der Waals surface area contributed by atoms with Crippen LogP contribution in [-0.2, 0) is 4.74 Å². The van der Waals surface area contributed by atoms with Crippen LogP contribution in [0.2, 0.25) is 0 Å². The topological polar surface area (TPSA) is 9.23 Å². The van der Waals surface area contributed by atoms with Gasteiger partial charge in [-0.15, -0.1) is 0 Å². The Labute approximate surface area is 96.7 Å². The molecule has 0 aliphatic carbocycles. The van der Waals surface area contributed by atoms with E-state index in [1.165, 1.54) is 19.3 Å². The lowest BCUT2D eigenvalue weighted by Gasteiger charge is -2.33. The molecule has 1 aliphatic heterocycles. The fourth-order valence-corrected chi connectivity index (χ4v) is 3.03. The number of rotatable bonds is 3. The molecule has 0 saturated carbocycles. The number of hydrogen-bond acceptors (Lipinski definition) is 1. The smallest absolute Gasteiger partial charge is 0.0612 e. The zero-order valence-electron chi connectivity index (χ0n) is 9.90. The Morgan fingerprint density at radius 2 is 2.07 bits per heavy atom. The van der Waals surface area contributed by atoms with E-state index in [0.717, 1.165) is 11.9 Å². The molecule has 1 heterocycles. The lowest BCUT2D eigenvalue weighted by molar-refractivity contribution is 0.0650. The monoisotopic (exact) mass is 262 g/mol. The van der Waals surface area contributed by atoms with E-state index in [1.807, 2.05) is 0 Å². The molecule has 1 saturated heterocycles. The average molecular weight is 263 g/mol. The van der Waals surface area contributed by atoms with Crippen molar-refractivity contribution in [2.24, 2.45) is 10.8 Å². The Balaban J connectivity index is 2.54. The molecule has 1 rings (SSSR count). The van der Waals surface area contributed by atoms with Gasteiger partial charge in [-0.25, -0.2) is 0 Å². The van der Waals surface area contributed by atoms with Gasteiger partial charge in [0.15, 0.2) is 0 Å². The Morgan fingerprint density at radius 3 is 2.43 bits per heavy atom. The second-order valence-corrected chi connectivity index (χ2v) is 6.38. The third-order valence-corrected chi connectivity index (χ3v) is 4.59. The molecule has 1 nitrogen and oxygen atoms in total. The maximum atomic E-state index is 5.69. The molecule has 0 spiro atoms. The van der Waals surface area contributed by atoms with E-state index >= 15 is 0 Å². The van der Waals surface area contributed by atoms with E-state index in [-0.39, 0.29) is 0 Å². The van der Waals surface area contributed by atoms with Crippen LogP contribution in [0.4, 0.5) is 0 Å². The van der Waals surface area contributed by atoms with Gasteiger partial charge in [0.1, 0.15) is 0 Å². The summed E-state index contributed by atoms with van der Waals surface area (Å²) in [6, 6.07) is 0. The summed E-state index contributed by atoms with van der Waals surface area (Å²) in [6.07, 6.45) is 4.20. The summed E-state index contributed by atoms with van der Waals surface area (Å²) >= 11 is 3.66. The molecule has 0 amide bonds. The first-order chi connectivity index (χ1) is 6.40. The second kappa shape index (κ2) is 4.52. The molecule has 2 unspecified atom stereocenters. The van der Waals surface area contributed by atoms with Crippen LogP contribution in [0.1, 0.15) is 47.0 Å². The fourth-order valence-electron chi connectivity index (χ4n) is 2.01. The minimum absolute atomic E-state index is 0.396. The van der Waals surface area contributed by atoms with Crippen LogP contribution >= 0.6 is 15.9 Å². The summed E-state index contributed by atoms with van der Waals surface area (Å²) in [4.78, 5) is 0. The van der Waals surface area contributed by atoms with E-state index in [4.69, 9.17) is 4.74 Å². The molecule has 0 aromatic carbocycles. The van der Waals surface area contributed by atoms with Gasteiger partial charge in [-0.1, -0.05) is 36.7 Å². The summed E-state index contributed by atoms with van der Waals surface area (Å²) < 4.78 is 5.69. The van der Waals surface area contributed by atoms with Crippen molar-refractivity contribution >= 4 is 15.9 Å². The largest absolute Gasteiger partial charge is 0.378 e. The van der Waals surface area contributed by atoms with Crippen LogP contribution in [0.3, 0.4) is 0 Å². The lowest BCUT2D eigenvalue weighted by Crippen LogP contribution is -2.31. The van der Waals surface area contributed by atoms with Crippen molar-refractivity contribution in [3.63, 3.8) is 0 Å². The Bertz CT molecular complexity index is 185. The van der Waals surface area contributed by atoms with Gasteiger partial charge >= 0.3 is 0 Å². The van der Waals surface area contributed by atoms with E-state index in [0.29, 0.717) is 16.9 Å². The van der Waals surface area contributed by atoms with Crippen molar-refractivity contribution in [1.29, 1.82) is 0 Å². The average Bonchev–Trinajstić information content (AvgIpc) is 2.43. The molecular weight excluding hydrogens is 240 g/mol.